The summed E-state index contributed by atoms with van der Waals surface area (Å²) in [6, 6.07) is 11.2. The van der Waals surface area contributed by atoms with Crippen molar-refractivity contribution in [1.29, 1.82) is 0 Å². The third-order valence-corrected chi connectivity index (χ3v) is 4.86. The summed E-state index contributed by atoms with van der Waals surface area (Å²) in [7, 11) is -1.83. The number of aryl methyl sites for hydroxylation is 2. The molecule has 0 saturated heterocycles. The first-order chi connectivity index (χ1) is 14.0. The van der Waals surface area contributed by atoms with Crippen LogP contribution in [0.4, 0.5) is 0 Å². The molecule has 0 aliphatic carbocycles. The predicted octanol–water partition coefficient (Wildman–Crippen LogP) is 2.28. The highest BCUT2D eigenvalue weighted by Gasteiger charge is 2.27. The molecule has 0 bridgehead atoms. The van der Waals surface area contributed by atoms with Crippen molar-refractivity contribution in [2.45, 2.75) is 33.5 Å². The summed E-state index contributed by atoms with van der Waals surface area (Å²) in [6.45, 7) is 9.79. The van der Waals surface area contributed by atoms with Crippen LogP contribution in [0, 0.1) is 13.8 Å². The lowest BCUT2D eigenvalue weighted by molar-refractivity contribution is -0.921. The highest BCUT2D eigenvalue weighted by molar-refractivity contribution is 6.69. The summed E-state index contributed by atoms with van der Waals surface area (Å²) in [5.41, 5.74) is 2.95. The van der Waals surface area contributed by atoms with Crippen LogP contribution in [0.3, 0.4) is 0 Å². The van der Waals surface area contributed by atoms with Gasteiger partial charge in [0, 0.05) is 0 Å². The smallest absolute Gasteiger partial charge is 0.368 e. The molecule has 156 valence electrons. The van der Waals surface area contributed by atoms with Crippen LogP contribution in [-0.2, 0) is 0 Å². The molecular weight excluding hydrogens is 404 g/mol. The van der Waals surface area contributed by atoms with Gasteiger partial charge in [0.15, 0.2) is 11.2 Å². The van der Waals surface area contributed by atoms with E-state index in [1.54, 1.807) is 12.3 Å². The number of para-hydroxylation sites is 2. The molecule has 2 heterocycles. The lowest BCUT2D eigenvalue weighted by Crippen LogP contribution is -2.62. The molecule has 9 heteroatoms. The maximum Gasteiger partial charge on any atom is 0.651 e. The number of aromatic nitrogens is 2. The van der Waals surface area contributed by atoms with E-state index in [4.69, 9.17) is 18.6 Å². The average Bonchev–Trinajstić information content (AvgIpc) is 2.65. The Bertz CT molecular complexity index is 1340. The van der Waals surface area contributed by atoms with Gasteiger partial charge in [-0.3, -0.25) is 5.21 Å². The molecule has 0 spiro atoms. The molecule has 2 aromatic carbocycles. The van der Waals surface area contributed by atoms with Crippen molar-refractivity contribution in [2.24, 2.45) is 0 Å². The molecule has 4 rings (SSSR count). The van der Waals surface area contributed by atoms with Gasteiger partial charge in [-0.2, -0.15) is 9.59 Å². The Kier molecular flexibility index (Phi) is 5.75. The van der Waals surface area contributed by atoms with Gasteiger partial charge in [-0.25, -0.2) is 0 Å². The summed E-state index contributed by atoms with van der Waals surface area (Å²) >= 11 is 0. The van der Waals surface area contributed by atoms with Gasteiger partial charge in [0.1, 0.15) is 0 Å². The van der Waals surface area contributed by atoms with Crippen LogP contribution < -0.4 is 25.5 Å². The first kappa shape index (κ1) is 21.3. The van der Waals surface area contributed by atoms with E-state index >= 15 is 0 Å². The number of rotatable bonds is 2. The zero-order valence-corrected chi connectivity index (χ0v) is 18.5. The SMILES string of the molecule is Cc1cccc2c[n+](O)c(=O)oc12.Cc1cccc2c[n+](O[Si](C)(C)C)c(=O)oc12. The Morgan fingerprint density at radius 1 is 0.833 bits per heavy atom. The zero-order valence-electron chi connectivity index (χ0n) is 17.5. The van der Waals surface area contributed by atoms with Crippen molar-refractivity contribution in [3.8, 4) is 0 Å². The second-order valence-electron chi connectivity index (χ2n) is 7.85. The van der Waals surface area contributed by atoms with E-state index in [-0.39, 0.29) is 0 Å². The van der Waals surface area contributed by atoms with Gasteiger partial charge in [0.2, 0.25) is 12.4 Å². The molecule has 0 amide bonds. The van der Waals surface area contributed by atoms with E-state index in [9.17, 15) is 9.59 Å². The first-order valence-corrected chi connectivity index (χ1v) is 12.7. The Morgan fingerprint density at radius 2 is 1.33 bits per heavy atom. The van der Waals surface area contributed by atoms with Crippen molar-refractivity contribution in [3.63, 3.8) is 0 Å². The highest BCUT2D eigenvalue weighted by Crippen LogP contribution is 2.14. The quantitative estimate of drug-likeness (QED) is 0.299. The number of hydrogen-bond acceptors (Lipinski definition) is 6. The predicted molar refractivity (Wildman–Crippen MR) is 112 cm³/mol. The van der Waals surface area contributed by atoms with Crippen LogP contribution in [0.15, 0.2) is 67.2 Å². The zero-order chi connectivity index (χ0) is 22.1. The number of benzene rings is 2. The van der Waals surface area contributed by atoms with Crippen molar-refractivity contribution in [2.75, 3.05) is 0 Å². The average molecular weight is 429 g/mol. The Labute approximate surface area is 173 Å². The molecule has 1 N–H and O–H groups in total. The second-order valence-corrected chi connectivity index (χ2v) is 12.3. The maximum absolute atomic E-state index is 11.8. The van der Waals surface area contributed by atoms with Crippen molar-refractivity contribution < 1.29 is 28.0 Å². The molecular formula is C21H24N2O6Si+2. The minimum atomic E-state index is -1.83. The van der Waals surface area contributed by atoms with Gasteiger partial charge in [-0.05, 0) is 56.7 Å². The Hall–Kier alpha value is -3.46. The fourth-order valence-corrected chi connectivity index (χ4v) is 3.54. The monoisotopic (exact) mass is 428 g/mol. The summed E-state index contributed by atoms with van der Waals surface area (Å²) in [4.78, 5) is 22.7. The van der Waals surface area contributed by atoms with Crippen LogP contribution in [0.25, 0.3) is 21.9 Å². The van der Waals surface area contributed by atoms with Gasteiger partial charge in [0.05, 0.1) is 20.2 Å². The Morgan fingerprint density at radius 3 is 1.87 bits per heavy atom. The molecule has 0 aliphatic heterocycles. The number of fused-ring (bicyclic) bond motifs is 2. The summed E-state index contributed by atoms with van der Waals surface area (Å²) in [5, 5.41) is 10.6. The van der Waals surface area contributed by atoms with Gasteiger partial charge in [0.25, 0.3) is 0 Å². The van der Waals surface area contributed by atoms with E-state index in [2.05, 4.69) is 0 Å². The molecule has 0 aliphatic rings. The molecule has 0 saturated carbocycles. The van der Waals surface area contributed by atoms with Crippen molar-refractivity contribution >= 4 is 30.3 Å². The van der Waals surface area contributed by atoms with Crippen LogP contribution in [0.1, 0.15) is 11.1 Å². The molecule has 0 fully saturated rings. The number of nitrogens with zero attached hydrogens (tertiary/aromatic N) is 2. The van der Waals surface area contributed by atoms with E-state index < -0.39 is 19.8 Å². The van der Waals surface area contributed by atoms with Crippen LogP contribution in [-0.4, -0.2) is 13.5 Å². The van der Waals surface area contributed by atoms with Crippen LogP contribution in [0.2, 0.25) is 19.6 Å². The third-order valence-electron chi connectivity index (χ3n) is 4.12. The largest absolute Gasteiger partial charge is 0.651 e. The minimum absolute atomic E-state index is 0.432. The van der Waals surface area contributed by atoms with Crippen LogP contribution in [0.5, 0.6) is 0 Å². The van der Waals surface area contributed by atoms with Gasteiger partial charge < -0.3 is 13.4 Å². The van der Waals surface area contributed by atoms with Gasteiger partial charge in [-0.1, -0.05) is 24.3 Å². The van der Waals surface area contributed by atoms with Crippen LogP contribution >= 0.6 is 0 Å². The van der Waals surface area contributed by atoms with E-state index in [0.29, 0.717) is 21.3 Å². The Balaban J connectivity index is 0.000000177. The molecule has 2 aromatic heterocycles. The molecule has 0 atom stereocenters. The molecule has 8 nitrogen and oxygen atoms in total. The van der Waals surface area contributed by atoms with Gasteiger partial charge >= 0.3 is 19.8 Å². The molecule has 0 radical (unpaired) electrons. The topological polar surface area (TPSA) is 97.6 Å². The minimum Gasteiger partial charge on any atom is -0.368 e. The summed E-state index contributed by atoms with van der Waals surface area (Å²) in [6.07, 6.45) is 3.01. The van der Waals surface area contributed by atoms with Gasteiger partial charge in [-0.15, -0.1) is 0 Å². The van der Waals surface area contributed by atoms with Crippen molar-refractivity contribution in [1.82, 2.24) is 0 Å². The van der Waals surface area contributed by atoms with E-state index in [1.165, 1.54) is 10.9 Å². The number of hydrogen-bond donors (Lipinski definition) is 1. The fourth-order valence-electron chi connectivity index (χ4n) is 2.82. The lowest BCUT2D eigenvalue weighted by atomic mass is 10.2. The normalized spacial score (nSPS) is 11.2. The van der Waals surface area contributed by atoms with Crippen molar-refractivity contribution in [3.05, 3.63) is 81.0 Å². The van der Waals surface area contributed by atoms with E-state index in [1.807, 2.05) is 63.8 Å². The lowest BCUT2D eigenvalue weighted by Gasteiger charge is -2.09. The first-order valence-electron chi connectivity index (χ1n) is 9.34. The third kappa shape index (κ3) is 4.74. The summed E-state index contributed by atoms with van der Waals surface area (Å²) < 4.78 is 17.4. The standard InChI is InChI=1S/C12H16NO3Si.C9H8NO3/c1-9-6-5-7-10-8-13(16-17(2,3)4)12(14)15-11(9)10;1-6-3-2-4-7-5-10(12)9(11)13-8(6)7/h5-8H,1-4H3;2-5,12H,1H3/q2*+1. The summed E-state index contributed by atoms with van der Waals surface area (Å²) in [5.74, 6) is -1.25. The molecule has 4 aromatic rings. The maximum atomic E-state index is 11.8. The second kappa shape index (κ2) is 8.11. The van der Waals surface area contributed by atoms with E-state index in [0.717, 1.165) is 16.5 Å². The molecule has 0 unspecified atom stereocenters. The fraction of sp³-hybridized carbons (Fsp3) is 0.238. The molecule has 30 heavy (non-hydrogen) atoms. The highest BCUT2D eigenvalue weighted by atomic mass is 28.4.